The second-order valence-electron chi connectivity index (χ2n) is 5.13. The number of nitrogens with zero attached hydrogens (tertiary/aromatic N) is 2. The van der Waals surface area contributed by atoms with Crippen LogP contribution in [0, 0.1) is 11.8 Å². The molecule has 2 aliphatic rings. The number of hydrogen-bond acceptors (Lipinski definition) is 4. The molecule has 0 bridgehead atoms. The fourth-order valence-corrected chi connectivity index (χ4v) is 3.30. The lowest BCUT2D eigenvalue weighted by Crippen LogP contribution is -2.38. The van der Waals surface area contributed by atoms with Crippen molar-refractivity contribution >= 4 is 21.9 Å². The summed E-state index contributed by atoms with van der Waals surface area (Å²) >= 11 is 0. The maximum absolute atomic E-state index is 12.1. The number of carbonyl (C=O) groups excluding carboxylic acids is 1. The third kappa shape index (κ3) is 3.24. The highest BCUT2D eigenvalue weighted by Crippen LogP contribution is 2.40. The van der Waals surface area contributed by atoms with Crippen molar-refractivity contribution in [3.05, 3.63) is 0 Å². The Morgan fingerprint density at radius 2 is 1.79 bits per heavy atom. The summed E-state index contributed by atoms with van der Waals surface area (Å²) in [5, 5.41) is 8.82. The predicted molar refractivity (Wildman–Crippen MR) is 66.8 cm³/mol. The van der Waals surface area contributed by atoms with Crippen molar-refractivity contribution in [1.82, 2.24) is 9.21 Å². The van der Waals surface area contributed by atoms with Crippen molar-refractivity contribution in [1.29, 1.82) is 0 Å². The van der Waals surface area contributed by atoms with E-state index in [4.69, 9.17) is 5.11 Å². The molecule has 0 spiro atoms. The summed E-state index contributed by atoms with van der Waals surface area (Å²) in [4.78, 5) is 24.4. The monoisotopic (exact) mass is 290 g/mol. The maximum atomic E-state index is 12.1. The van der Waals surface area contributed by atoms with E-state index in [0.29, 0.717) is 32.5 Å². The zero-order valence-corrected chi connectivity index (χ0v) is 11.6. The van der Waals surface area contributed by atoms with E-state index in [1.807, 2.05) is 0 Å². The Hall–Kier alpha value is -1.15. The number of carbonyl (C=O) groups is 2. The van der Waals surface area contributed by atoms with Crippen LogP contribution < -0.4 is 0 Å². The third-order valence-corrected chi connectivity index (χ3v) is 4.96. The predicted octanol–water partition coefficient (Wildman–Crippen LogP) is -0.799. The average Bonchev–Trinajstić information content (AvgIpc) is 3.10. The lowest BCUT2D eigenvalue weighted by molar-refractivity contribution is -0.141. The van der Waals surface area contributed by atoms with Crippen molar-refractivity contribution < 1.29 is 23.1 Å². The largest absolute Gasteiger partial charge is 0.481 e. The van der Waals surface area contributed by atoms with Gasteiger partial charge in [0.05, 0.1) is 18.1 Å². The topological polar surface area (TPSA) is 95.0 Å². The number of amides is 1. The smallest absolute Gasteiger partial charge is 0.307 e. The van der Waals surface area contributed by atoms with Gasteiger partial charge in [0, 0.05) is 26.2 Å². The van der Waals surface area contributed by atoms with Crippen LogP contribution in [0.2, 0.25) is 0 Å². The molecule has 2 fully saturated rings. The molecular formula is C11H18N2O5S. The summed E-state index contributed by atoms with van der Waals surface area (Å²) < 4.78 is 24.3. The highest BCUT2D eigenvalue weighted by molar-refractivity contribution is 7.88. The molecule has 2 atom stereocenters. The molecule has 19 heavy (non-hydrogen) atoms. The molecular weight excluding hydrogens is 272 g/mol. The van der Waals surface area contributed by atoms with Crippen LogP contribution in [0.4, 0.5) is 0 Å². The number of rotatable bonds is 3. The highest BCUT2D eigenvalue weighted by atomic mass is 32.2. The van der Waals surface area contributed by atoms with Gasteiger partial charge in [-0.15, -0.1) is 0 Å². The fraction of sp³-hybridized carbons (Fsp3) is 0.818. The standard InChI is InChI=1S/C11H18N2O5S/c1-19(17,18)13-4-2-3-12(5-6-13)10(14)8-7-9(8)11(15)16/h8-9H,2-7H2,1H3,(H,15,16)/t8-,9+/m0/s1. The first-order valence-corrected chi connectivity index (χ1v) is 8.12. The van der Waals surface area contributed by atoms with Crippen molar-refractivity contribution in [2.24, 2.45) is 11.8 Å². The first kappa shape index (κ1) is 14.3. The molecule has 0 aromatic carbocycles. The van der Waals surface area contributed by atoms with Crippen LogP contribution >= 0.6 is 0 Å². The van der Waals surface area contributed by atoms with Crippen molar-refractivity contribution in [2.75, 3.05) is 32.4 Å². The van der Waals surface area contributed by atoms with Gasteiger partial charge in [-0.25, -0.2) is 12.7 Å². The highest BCUT2D eigenvalue weighted by Gasteiger charge is 2.49. The quantitative estimate of drug-likeness (QED) is 0.734. The Morgan fingerprint density at radius 1 is 1.11 bits per heavy atom. The second kappa shape index (κ2) is 5.09. The number of hydrogen-bond donors (Lipinski definition) is 1. The van der Waals surface area contributed by atoms with Gasteiger partial charge in [-0.05, 0) is 12.8 Å². The Morgan fingerprint density at radius 3 is 2.32 bits per heavy atom. The second-order valence-corrected chi connectivity index (χ2v) is 7.11. The third-order valence-electron chi connectivity index (χ3n) is 3.66. The average molecular weight is 290 g/mol. The Balaban J connectivity index is 1.93. The number of carboxylic acids is 1. The van der Waals surface area contributed by atoms with Crippen LogP contribution in [-0.4, -0.2) is 67.0 Å². The number of sulfonamides is 1. The summed E-state index contributed by atoms with van der Waals surface area (Å²) in [5.74, 6) is -2.04. The molecule has 1 N–H and O–H groups in total. The molecule has 1 aliphatic heterocycles. The van der Waals surface area contributed by atoms with E-state index in [1.54, 1.807) is 4.90 Å². The van der Waals surface area contributed by atoms with E-state index < -0.39 is 27.8 Å². The van der Waals surface area contributed by atoms with Gasteiger partial charge < -0.3 is 10.0 Å². The van der Waals surface area contributed by atoms with Gasteiger partial charge in [-0.3, -0.25) is 9.59 Å². The summed E-state index contributed by atoms with van der Waals surface area (Å²) in [6, 6.07) is 0. The maximum Gasteiger partial charge on any atom is 0.307 e. The SMILES string of the molecule is CS(=O)(=O)N1CCCN(C(=O)[C@H]2C[C@H]2C(=O)O)CC1. The number of aliphatic carboxylic acids is 1. The molecule has 0 aromatic rings. The summed E-state index contributed by atoms with van der Waals surface area (Å²) in [5.41, 5.74) is 0. The minimum atomic E-state index is -3.23. The molecule has 2 rings (SSSR count). The van der Waals surface area contributed by atoms with Gasteiger partial charge in [0.25, 0.3) is 0 Å². The summed E-state index contributed by atoms with van der Waals surface area (Å²) in [6.07, 6.45) is 2.15. The molecule has 1 saturated carbocycles. The lowest BCUT2D eigenvalue weighted by Gasteiger charge is -2.21. The van der Waals surface area contributed by atoms with Crippen LogP contribution in [0.5, 0.6) is 0 Å². The zero-order chi connectivity index (χ0) is 14.2. The summed E-state index contributed by atoms with van der Waals surface area (Å²) in [7, 11) is -3.23. The van der Waals surface area contributed by atoms with E-state index in [-0.39, 0.29) is 12.5 Å². The fourth-order valence-electron chi connectivity index (χ4n) is 2.42. The van der Waals surface area contributed by atoms with E-state index in [2.05, 4.69) is 0 Å². The molecule has 1 saturated heterocycles. The Labute approximate surface area is 112 Å². The van der Waals surface area contributed by atoms with Crippen molar-refractivity contribution in [3.63, 3.8) is 0 Å². The van der Waals surface area contributed by atoms with E-state index in [0.717, 1.165) is 6.26 Å². The van der Waals surface area contributed by atoms with Crippen molar-refractivity contribution in [3.8, 4) is 0 Å². The Bertz CT molecular complexity index is 489. The molecule has 8 heteroatoms. The number of carboxylic acid groups (broad SMARTS) is 1. The van der Waals surface area contributed by atoms with Crippen molar-refractivity contribution in [2.45, 2.75) is 12.8 Å². The van der Waals surface area contributed by atoms with Gasteiger partial charge in [0.2, 0.25) is 15.9 Å². The Kier molecular flexibility index (Phi) is 3.82. The zero-order valence-electron chi connectivity index (χ0n) is 10.8. The molecule has 1 heterocycles. The van der Waals surface area contributed by atoms with Gasteiger partial charge in [0.1, 0.15) is 0 Å². The van der Waals surface area contributed by atoms with E-state index in [9.17, 15) is 18.0 Å². The molecule has 7 nitrogen and oxygen atoms in total. The molecule has 1 aliphatic carbocycles. The van der Waals surface area contributed by atoms with Gasteiger partial charge in [-0.1, -0.05) is 0 Å². The first-order chi connectivity index (χ1) is 8.80. The molecule has 0 aromatic heterocycles. The molecule has 108 valence electrons. The van der Waals surface area contributed by atoms with Crippen LogP contribution in [-0.2, 0) is 19.6 Å². The lowest BCUT2D eigenvalue weighted by atomic mass is 10.2. The van der Waals surface area contributed by atoms with Crippen LogP contribution in [0.25, 0.3) is 0 Å². The van der Waals surface area contributed by atoms with Gasteiger partial charge in [0.15, 0.2) is 0 Å². The summed E-state index contributed by atoms with van der Waals surface area (Å²) in [6.45, 7) is 1.53. The molecule has 0 radical (unpaired) electrons. The van der Waals surface area contributed by atoms with Gasteiger partial charge >= 0.3 is 5.97 Å². The van der Waals surface area contributed by atoms with Crippen LogP contribution in [0.15, 0.2) is 0 Å². The van der Waals surface area contributed by atoms with Crippen LogP contribution in [0.3, 0.4) is 0 Å². The van der Waals surface area contributed by atoms with Gasteiger partial charge in [-0.2, -0.15) is 0 Å². The molecule has 0 unspecified atom stereocenters. The molecule has 1 amide bonds. The van der Waals surface area contributed by atoms with Crippen LogP contribution in [0.1, 0.15) is 12.8 Å². The van der Waals surface area contributed by atoms with E-state index in [1.165, 1.54) is 4.31 Å². The van der Waals surface area contributed by atoms with E-state index >= 15 is 0 Å². The minimum absolute atomic E-state index is 0.150. The minimum Gasteiger partial charge on any atom is -0.481 e. The normalized spacial score (nSPS) is 28.8. The first-order valence-electron chi connectivity index (χ1n) is 6.27.